The maximum atomic E-state index is 11.7. The number of hydrogen-bond donors (Lipinski definition) is 2. The quantitative estimate of drug-likeness (QED) is 0.627. The van der Waals surface area contributed by atoms with Crippen molar-refractivity contribution < 1.29 is 10.2 Å². The minimum atomic E-state index is -1.27. The smallest absolute Gasteiger partial charge is 0.137 e. The van der Waals surface area contributed by atoms with Crippen LogP contribution < -0.4 is 0 Å². The molecule has 0 aliphatic heterocycles. The van der Waals surface area contributed by atoms with E-state index in [1.807, 2.05) is 92.7 Å². The molecule has 3 aromatic carbocycles. The molecule has 0 heterocycles. The van der Waals surface area contributed by atoms with Crippen LogP contribution in [-0.2, 0) is 12.0 Å². The Morgan fingerprint density at radius 2 is 1.44 bits per heavy atom. The van der Waals surface area contributed by atoms with E-state index in [9.17, 15) is 10.2 Å². The fourth-order valence-electron chi connectivity index (χ4n) is 3.33. The van der Waals surface area contributed by atoms with Crippen molar-refractivity contribution in [2.24, 2.45) is 4.99 Å². The number of benzene rings is 3. The Bertz CT molecular complexity index is 865. The molecule has 1 atom stereocenters. The minimum absolute atomic E-state index is 0.249. The number of aryl methyl sites for hydroxylation is 1. The van der Waals surface area contributed by atoms with Crippen molar-refractivity contribution in [3.05, 3.63) is 101 Å². The molecule has 3 nitrogen and oxygen atoms in total. The fourth-order valence-corrected chi connectivity index (χ4v) is 3.33. The summed E-state index contributed by atoms with van der Waals surface area (Å²) in [4.78, 5) is 4.62. The zero-order chi connectivity index (χ0) is 19.3. The molecule has 3 aromatic rings. The van der Waals surface area contributed by atoms with Crippen LogP contribution in [0.2, 0.25) is 0 Å². The molecule has 0 spiro atoms. The number of aliphatic hydroxyl groups is 1. The van der Waals surface area contributed by atoms with E-state index in [2.05, 4.69) is 4.99 Å². The molecular formula is C24H25NO2. The molecule has 138 valence electrons. The van der Waals surface area contributed by atoms with Gasteiger partial charge in [0.05, 0.1) is 6.04 Å². The molecule has 0 saturated heterocycles. The van der Waals surface area contributed by atoms with Gasteiger partial charge in [0.15, 0.2) is 0 Å². The molecule has 0 radical (unpaired) electrons. The Balaban J connectivity index is 2.01. The maximum absolute atomic E-state index is 11.7. The topological polar surface area (TPSA) is 52.8 Å². The summed E-state index contributed by atoms with van der Waals surface area (Å²) < 4.78 is 0. The van der Waals surface area contributed by atoms with Crippen molar-refractivity contribution in [3.63, 3.8) is 0 Å². The summed E-state index contributed by atoms with van der Waals surface area (Å²) in [6.07, 6.45) is 2.40. The van der Waals surface area contributed by atoms with Crippen LogP contribution in [0.4, 0.5) is 0 Å². The number of aromatic hydroxyl groups is 1. The maximum Gasteiger partial charge on any atom is 0.137 e. The van der Waals surface area contributed by atoms with Gasteiger partial charge in [-0.3, -0.25) is 4.99 Å². The van der Waals surface area contributed by atoms with Gasteiger partial charge < -0.3 is 10.2 Å². The molecule has 0 aliphatic rings. The average molecular weight is 359 g/mol. The SMILES string of the molecule is CCc1cccc(C=NC(C)C(O)(c2ccccc2)c2ccccc2)c1O. The van der Waals surface area contributed by atoms with Gasteiger partial charge in [-0.25, -0.2) is 0 Å². The van der Waals surface area contributed by atoms with Gasteiger partial charge in [0.1, 0.15) is 11.4 Å². The molecule has 0 aromatic heterocycles. The van der Waals surface area contributed by atoms with Crippen LogP contribution >= 0.6 is 0 Å². The number of para-hydroxylation sites is 1. The Morgan fingerprint density at radius 3 is 1.96 bits per heavy atom. The highest BCUT2D eigenvalue weighted by atomic mass is 16.3. The minimum Gasteiger partial charge on any atom is -0.507 e. The summed E-state index contributed by atoms with van der Waals surface area (Å²) in [5.74, 6) is 0.249. The van der Waals surface area contributed by atoms with Crippen molar-refractivity contribution >= 4 is 6.21 Å². The van der Waals surface area contributed by atoms with Crippen LogP contribution in [0, 0.1) is 0 Å². The number of aliphatic imine (C=N–C) groups is 1. The lowest BCUT2D eigenvalue weighted by molar-refractivity contribution is 0.0589. The lowest BCUT2D eigenvalue weighted by Gasteiger charge is -2.33. The molecule has 0 saturated carbocycles. The van der Waals surface area contributed by atoms with Gasteiger partial charge in [0, 0.05) is 11.8 Å². The van der Waals surface area contributed by atoms with E-state index in [-0.39, 0.29) is 5.75 Å². The normalized spacial score (nSPS) is 13.0. The van der Waals surface area contributed by atoms with E-state index in [4.69, 9.17) is 0 Å². The van der Waals surface area contributed by atoms with Gasteiger partial charge in [-0.15, -0.1) is 0 Å². The van der Waals surface area contributed by atoms with Crippen LogP contribution in [0.1, 0.15) is 36.1 Å². The third kappa shape index (κ3) is 3.79. The summed E-state index contributed by atoms with van der Waals surface area (Å²) in [6, 6.07) is 24.3. The predicted molar refractivity (Wildman–Crippen MR) is 110 cm³/mol. The van der Waals surface area contributed by atoms with Gasteiger partial charge in [-0.05, 0) is 36.1 Å². The third-order valence-corrected chi connectivity index (χ3v) is 5.00. The summed E-state index contributed by atoms with van der Waals surface area (Å²) in [5.41, 5.74) is 1.84. The molecule has 0 bridgehead atoms. The van der Waals surface area contributed by atoms with Gasteiger partial charge in [-0.1, -0.05) is 79.7 Å². The zero-order valence-corrected chi connectivity index (χ0v) is 15.7. The second kappa shape index (κ2) is 8.19. The molecule has 0 fully saturated rings. The lowest BCUT2D eigenvalue weighted by atomic mass is 9.81. The zero-order valence-electron chi connectivity index (χ0n) is 15.7. The molecular weight excluding hydrogens is 334 g/mol. The molecule has 3 heteroatoms. The molecule has 1 unspecified atom stereocenters. The number of hydrogen-bond acceptors (Lipinski definition) is 3. The van der Waals surface area contributed by atoms with E-state index in [1.165, 1.54) is 0 Å². The number of phenolic OH excluding ortho intramolecular Hbond substituents is 1. The van der Waals surface area contributed by atoms with Crippen molar-refractivity contribution in [3.8, 4) is 5.75 Å². The van der Waals surface area contributed by atoms with Gasteiger partial charge in [0.2, 0.25) is 0 Å². The van der Waals surface area contributed by atoms with Crippen LogP contribution in [0.3, 0.4) is 0 Å². The molecule has 0 aliphatic carbocycles. The summed E-state index contributed by atoms with van der Waals surface area (Å²) in [6.45, 7) is 3.89. The highest BCUT2D eigenvalue weighted by Crippen LogP contribution is 2.34. The Kier molecular flexibility index (Phi) is 5.72. The van der Waals surface area contributed by atoms with Crippen molar-refractivity contribution in [2.75, 3.05) is 0 Å². The predicted octanol–water partition coefficient (Wildman–Crippen LogP) is 4.70. The molecule has 27 heavy (non-hydrogen) atoms. The van der Waals surface area contributed by atoms with Crippen molar-refractivity contribution in [1.82, 2.24) is 0 Å². The van der Waals surface area contributed by atoms with Crippen LogP contribution in [0.25, 0.3) is 0 Å². The van der Waals surface area contributed by atoms with Crippen molar-refractivity contribution in [1.29, 1.82) is 0 Å². The van der Waals surface area contributed by atoms with Crippen LogP contribution in [0.15, 0.2) is 83.9 Å². The highest BCUT2D eigenvalue weighted by molar-refractivity contribution is 5.84. The Morgan fingerprint density at radius 1 is 0.889 bits per heavy atom. The van der Waals surface area contributed by atoms with E-state index in [0.29, 0.717) is 5.56 Å². The van der Waals surface area contributed by atoms with Crippen molar-refractivity contribution in [2.45, 2.75) is 31.9 Å². The van der Waals surface area contributed by atoms with E-state index < -0.39 is 11.6 Å². The second-order valence-corrected chi connectivity index (χ2v) is 6.66. The Labute approximate surface area is 160 Å². The van der Waals surface area contributed by atoms with E-state index in [0.717, 1.165) is 23.1 Å². The monoisotopic (exact) mass is 359 g/mol. The number of rotatable bonds is 6. The number of nitrogens with zero attached hydrogens (tertiary/aromatic N) is 1. The van der Waals surface area contributed by atoms with Gasteiger partial charge >= 0.3 is 0 Å². The first-order valence-corrected chi connectivity index (χ1v) is 9.24. The highest BCUT2D eigenvalue weighted by Gasteiger charge is 2.37. The fraction of sp³-hybridized carbons (Fsp3) is 0.208. The summed E-state index contributed by atoms with van der Waals surface area (Å²) in [5, 5.41) is 22.1. The standard InChI is InChI=1S/C24H25NO2/c1-3-19-11-10-12-20(23(19)26)17-25-18(2)24(27,21-13-6-4-7-14-21)22-15-8-5-9-16-22/h4-18,26-27H,3H2,1-2H3. The summed E-state index contributed by atoms with van der Waals surface area (Å²) in [7, 11) is 0. The van der Waals surface area contributed by atoms with Crippen LogP contribution in [-0.4, -0.2) is 22.5 Å². The van der Waals surface area contributed by atoms with Crippen LogP contribution in [0.5, 0.6) is 5.75 Å². The first kappa shape index (κ1) is 18.9. The van der Waals surface area contributed by atoms with E-state index >= 15 is 0 Å². The van der Waals surface area contributed by atoms with Gasteiger partial charge in [0.25, 0.3) is 0 Å². The average Bonchev–Trinajstić information content (AvgIpc) is 2.73. The molecule has 2 N–H and O–H groups in total. The van der Waals surface area contributed by atoms with Gasteiger partial charge in [-0.2, -0.15) is 0 Å². The third-order valence-electron chi connectivity index (χ3n) is 5.00. The van der Waals surface area contributed by atoms with E-state index in [1.54, 1.807) is 6.21 Å². The molecule has 0 amide bonds. The largest absolute Gasteiger partial charge is 0.507 e. The first-order chi connectivity index (χ1) is 13.1. The Hall–Kier alpha value is -2.91. The summed E-state index contributed by atoms with van der Waals surface area (Å²) >= 11 is 0. The lowest BCUT2D eigenvalue weighted by Crippen LogP contribution is -2.38. The number of phenols is 1. The first-order valence-electron chi connectivity index (χ1n) is 9.24. The molecule has 3 rings (SSSR count). The second-order valence-electron chi connectivity index (χ2n) is 6.66.